The lowest BCUT2D eigenvalue weighted by molar-refractivity contribution is 0.737. The van der Waals surface area contributed by atoms with Crippen molar-refractivity contribution in [2.24, 2.45) is 5.73 Å². The van der Waals surface area contributed by atoms with Crippen LogP contribution in [0, 0.1) is 0 Å². The van der Waals surface area contributed by atoms with Gasteiger partial charge in [-0.25, -0.2) is 0 Å². The molecule has 0 saturated carbocycles. The molecule has 0 saturated heterocycles. The van der Waals surface area contributed by atoms with Gasteiger partial charge in [0.15, 0.2) is 0 Å². The highest BCUT2D eigenvalue weighted by Crippen LogP contribution is 2.28. The largest absolute Gasteiger partial charge is 0.376 e. The summed E-state index contributed by atoms with van der Waals surface area (Å²) in [6.45, 7) is 2.00. The lowest BCUT2D eigenvalue weighted by Gasteiger charge is -2.20. The Morgan fingerprint density at radius 3 is 2.57 bits per heavy atom. The standard InChI is InChI=1S/C11H17ClN2/c1-8(13)7-9-5-4-6-10(12)11(9)14(2)3/h4-6,8H,7,13H2,1-3H3. The molecule has 1 atom stereocenters. The van der Waals surface area contributed by atoms with Crippen molar-refractivity contribution in [1.29, 1.82) is 0 Å². The molecule has 0 aliphatic rings. The highest BCUT2D eigenvalue weighted by molar-refractivity contribution is 6.33. The summed E-state index contributed by atoms with van der Waals surface area (Å²) in [4.78, 5) is 2.03. The molecule has 2 nitrogen and oxygen atoms in total. The zero-order valence-corrected chi connectivity index (χ0v) is 9.67. The average molecular weight is 213 g/mol. The first-order valence-electron chi connectivity index (χ1n) is 4.72. The van der Waals surface area contributed by atoms with Gasteiger partial charge >= 0.3 is 0 Å². The molecule has 0 heterocycles. The molecule has 2 N–H and O–H groups in total. The van der Waals surface area contributed by atoms with Crippen LogP contribution in [-0.2, 0) is 6.42 Å². The van der Waals surface area contributed by atoms with Crippen LogP contribution >= 0.6 is 11.6 Å². The van der Waals surface area contributed by atoms with Gasteiger partial charge in [-0.15, -0.1) is 0 Å². The van der Waals surface area contributed by atoms with Gasteiger partial charge in [-0.1, -0.05) is 23.7 Å². The van der Waals surface area contributed by atoms with Gasteiger partial charge in [-0.3, -0.25) is 0 Å². The van der Waals surface area contributed by atoms with E-state index in [9.17, 15) is 0 Å². The van der Waals surface area contributed by atoms with Gasteiger partial charge in [0.1, 0.15) is 0 Å². The Balaban J connectivity index is 3.08. The second-order valence-corrected chi connectivity index (χ2v) is 4.23. The van der Waals surface area contributed by atoms with E-state index in [-0.39, 0.29) is 6.04 Å². The van der Waals surface area contributed by atoms with E-state index in [1.807, 2.05) is 38.1 Å². The van der Waals surface area contributed by atoms with Crippen molar-refractivity contribution in [3.8, 4) is 0 Å². The van der Waals surface area contributed by atoms with Crippen LogP contribution in [0.3, 0.4) is 0 Å². The van der Waals surface area contributed by atoms with Gasteiger partial charge in [-0.05, 0) is 25.0 Å². The Bertz CT molecular complexity index is 308. The van der Waals surface area contributed by atoms with Crippen molar-refractivity contribution in [2.45, 2.75) is 19.4 Å². The molecule has 14 heavy (non-hydrogen) atoms. The fourth-order valence-electron chi connectivity index (χ4n) is 1.57. The molecule has 78 valence electrons. The molecule has 1 aromatic carbocycles. The fourth-order valence-corrected chi connectivity index (χ4v) is 1.94. The summed E-state index contributed by atoms with van der Waals surface area (Å²) in [5, 5.41) is 0.785. The topological polar surface area (TPSA) is 29.3 Å². The summed E-state index contributed by atoms with van der Waals surface area (Å²) in [5.74, 6) is 0. The predicted octanol–water partition coefficient (Wildman–Crippen LogP) is 2.30. The summed E-state index contributed by atoms with van der Waals surface area (Å²) in [5.41, 5.74) is 8.06. The van der Waals surface area contributed by atoms with E-state index in [0.717, 1.165) is 17.1 Å². The first-order valence-corrected chi connectivity index (χ1v) is 5.10. The van der Waals surface area contributed by atoms with Crippen LogP contribution in [-0.4, -0.2) is 20.1 Å². The van der Waals surface area contributed by atoms with Crippen LogP contribution in [0.4, 0.5) is 5.69 Å². The normalized spacial score (nSPS) is 12.6. The highest BCUT2D eigenvalue weighted by atomic mass is 35.5. The van der Waals surface area contributed by atoms with Crippen LogP contribution in [0.2, 0.25) is 5.02 Å². The molecule has 0 fully saturated rings. The van der Waals surface area contributed by atoms with Crippen molar-refractivity contribution >= 4 is 17.3 Å². The maximum atomic E-state index is 6.13. The smallest absolute Gasteiger partial charge is 0.0642 e. The number of anilines is 1. The Morgan fingerprint density at radius 1 is 1.43 bits per heavy atom. The van der Waals surface area contributed by atoms with Crippen LogP contribution in [0.25, 0.3) is 0 Å². The molecular formula is C11H17ClN2. The van der Waals surface area contributed by atoms with Gasteiger partial charge in [-0.2, -0.15) is 0 Å². The fraction of sp³-hybridized carbons (Fsp3) is 0.455. The van der Waals surface area contributed by atoms with Crippen LogP contribution in [0.1, 0.15) is 12.5 Å². The van der Waals surface area contributed by atoms with Crippen LogP contribution < -0.4 is 10.6 Å². The molecule has 1 rings (SSSR count). The molecule has 1 aromatic rings. The van der Waals surface area contributed by atoms with E-state index in [2.05, 4.69) is 6.07 Å². The first-order chi connectivity index (χ1) is 6.52. The molecule has 3 heteroatoms. The zero-order chi connectivity index (χ0) is 10.7. The Labute approximate surface area is 90.7 Å². The van der Waals surface area contributed by atoms with E-state index >= 15 is 0 Å². The number of nitrogens with two attached hydrogens (primary N) is 1. The number of nitrogens with zero attached hydrogens (tertiary/aromatic N) is 1. The third-order valence-electron chi connectivity index (χ3n) is 2.06. The molecule has 0 aliphatic carbocycles. The zero-order valence-electron chi connectivity index (χ0n) is 8.92. The summed E-state index contributed by atoms with van der Waals surface area (Å²) in [6, 6.07) is 6.10. The average Bonchev–Trinajstić information content (AvgIpc) is 2.01. The second-order valence-electron chi connectivity index (χ2n) is 3.82. The first kappa shape index (κ1) is 11.3. The minimum atomic E-state index is 0.159. The number of halogens is 1. The van der Waals surface area contributed by atoms with Gasteiger partial charge in [0.2, 0.25) is 0 Å². The van der Waals surface area contributed by atoms with Crippen molar-refractivity contribution < 1.29 is 0 Å². The number of benzene rings is 1. The lowest BCUT2D eigenvalue weighted by Crippen LogP contribution is -2.20. The SMILES string of the molecule is CC(N)Cc1cccc(Cl)c1N(C)C. The van der Waals surface area contributed by atoms with E-state index in [0.29, 0.717) is 0 Å². The molecule has 0 aromatic heterocycles. The molecule has 0 aliphatic heterocycles. The number of para-hydroxylation sites is 1. The monoisotopic (exact) mass is 212 g/mol. The molecular weight excluding hydrogens is 196 g/mol. The minimum Gasteiger partial charge on any atom is -0.376 e. The molecule has 0 radical (unpaired) electrons. The van der Waals surface area contributed by atoms with Gasteiger partial charge < -0.3 is 10.6 Å². The quantitative estimate of drug-likeness (QED) is 0.833. The Kier molecular flexibility index (Phi) is 3.78. The van der Waals surface area contributed by atoms with Crippen molar-refractivity contribution in [3.05, 3.63) is 28.8 Å². The molecule has 0 bridgehead atoms. The van der Waals surface area contributed by atoms with Gasteiger partial charge in [0.05, 0.1) is 10.7 Å². The molecule has 1 unspecified atom stereocenters. The highest BCUT2D eigenvalue weighted by Gasteiger charge is 2.09. The third-order valence-corrected chi connectivity index (χ3v) is 2.36. The van der Waals surface area contributed by atoms with Crippen LogP contribution in [0.15, 0.2) is 18.2 Å². The van der Waals surface area contributed by atoms with Gasteiger partial charge in [0, 0.05) is 20.1 Å². The summed E-state index contributed by atoms with van der Waals surface area (Å²) in [7, 11) is 3.98. The maximum Gasteiger partial charge on any atom is 0.0642 e. The maximum absolute atomic E-state index is 6.13. The minimum absolute atomic E-state index is 0.159. The lowest BCUT2D eigenvalue weighted by atomic mass is 10.1. The Morgan fingerprint density at radius 2 is 2.07 bits per heavy atom. The number of hydrogen-bond acceptors (Lipinski definition) is 2. The van der Waals surface area contributed by atoms with Crippen molar-refractivity contribution in [1.82, 2.24) is 0 Å². The van der Waals surface area contributed by atoms with E-state index in [1.54, 1.807) is 0 Å². The Hall–Kier alpha value is -0.730. The van der Waals surface area contributed by atoms with E-state index in [1.165, 1.54) is 5.56 Å². The number of hydrogen-bond donors (Lipinski definition) is 1. The van der Waals surface area contributed by atoms with E-state index in [4.69, 9.17) is 17.3 Å². The predicted molar refractivity (Wildman–Crippen MR) is 63.1 cm³/mol. The third kappa shape index (κ3) is 2.63. The second kappa shape index (κ2) is 4.67. The van der Waals surface area contributed by atoms with Crippen LogP contribution in [0.5, 0.6) is 0 Å². The summed E-state index contributed by atoms with van der Waals surface area (Å²) in [6.07, 6.45) is 0.855. The van der Waals surface area contributed by atoms with Gasteiger partial charge in [0.25, 0.3) is 0 Å². The van der Waals surface area contributed by atoms with Crippen molar-refractivity contribution in [2.75, 3.05) is 19.0 Å². The molecule has 0 amide bonds. The number of rotatable bonds is 3. The summed E-state index contributed by atoms with van der Waals surface area (Å²) >= 11 is 6.13. The molecule has 0 spiro atoms. The van der Waals surface area contributed by atoms with E-state index < -0.39 is 0 Å². The van der Waals surface area contributed by atoms with Crippen molar-refractivity contribution in [3.63, 3.8) is 0 Å². The summed E-state index contributed by atoms with van der Waals surface area (Å²) < 4.78 is 0.